The number of halogens is 1. The monoisotopic (exact) mass is 384 g/mol. The quantitative estimate of drug-likeness (QED) is 0.396. The number of nitrogens with two attached hydrogens (primary N) is 1. The van der Waals surface area contributed by atoms with Crippen molar-refractivity contribution in [3.63, 3.8) is 0 Å². The van der Waals surface area contributed by atoms with Gasteiger partial charge in [0.15, 0.2) is 5.96 Å². The number of likely N-dealkylation sites (N-methyl/N-ethyl adjacent to an activating group) is 1. The number of hydrogen-bond donors (Lipinski definition) is 2. The number of rotatable bonds is 7. The third-order valence-electron chi connectivity index (χ3n) is 3.40. The molecule has 0 amide bonds. The van der Waals surface area contributed by atoms with Crippen LogP contribution in [0.25, 0.3) is 0 Å². The summed E-state index contributed by atoms with van der Waals surface area (Å²) >= 11 is 0. The normalized spacial score (nSPS) is 17.3. The van der Waals surface area contributed by atoms with Gasteiger partial charge in [0.2, 0.25) is 0 Å². The van der Waals surface area contributed by atoms with Crippen LogP contribution >= 0.6 is 24.0 Å². The lowest BCUT2D eigenvalue weighted by atomic mass is 9.96. The van der Waals surface area contributed by atoms with Gasteiger partial charge in [0, 0.05) is 26.2 Å². The summed E-state index contributed by atoms with van der Waals surface area (Å²) in [4.78, 5) is 6.56. The molecule has 0 aromatic heterocycles. The molecule has 0 radical (unpaired) electrons. The Morgan fingerprint density at radius 2 is 2.00 bits per heavy atom. The Kier molecular flexibility index (Phi) is 11.7. The van der Waals surface area contributed by atoms with Gasteiger partial charge >= 0.3 is 0 Å². The predicted molar refractivity (Wildman–Crippen MR) is 91.3 cm³/mol. The number of aliphatic imine (C=N–C) groups is 1. The van der Waals surface area contributed by atoms with Crippen molar-refractivity contribution in [2.24, 2.45) is 10.7 Å². The highest BCUT2D eigenvalue weighted by atomic mass is 127. The molecule has 0 saturated heterocycles. The van der Waals surface area contributed by atoms with Gasteiger partial charge in [-0.05, 0) is 19.9 Å². The van der Waals surface area contributed by atoms with E-state index in [0.717, 1.165) is 26.2 Å². The summed E-state index contributed by atoms with van der Waals surface area (Å²) in [6.45, 7) is 3.35. The summed E-state index contributed by atoms with van der Waals surface area (Å²) in [5.41, 5.74) is 5.89. The second-order valence-corrected chi connectivity index (χ2v) is 5.04. The lowest BCUT2D eigenvalue weighted by Crippen LogP contribution is -2.41. The van der Waals surface area contributed by atoms with E-state index in [4.69, 9.17) is 10.5 Å². The first kappa shape index (κ1) is 18.9. The second-order valence-electron chi connectivity index (χ2n) is 5.04. The van der Waals surface area contributed by atoms with E-state index in [0.29, 0.717) is 12.0 Å². The molecule has 1 saturated carbocycles. The minimum Gasteiger partial charge on any atom is -0.383 e. The third kappa shape index (κ3) is 9.45. The smallest absolute Gasteiger partial charge is 0.188 e. The van der Waals surface area contributed by atoms with Crippen LogP contribution in [0.15, 0.2) is 4.99 Å². The van der Waals surface area contributed by atoms with E-state index in [2.05, 4.69) is 22.3 Å². The molecular weight excluding hydrogens is 355 g/mol. The Morgan fingerprint density at radius 1 is 1.32 bits per heavy atom. The Bertz CT molecular complexity index is 245. The SMILES string of the molecule is COCCN(C)CCN=C(N)NC1CCCCC1.I. The first-order chi connectivity index (χ1) is 8.72. The minimum absolute atomic E-state index is 0. The molecule has 19 heavy (non-hydrogen) atoms. The molecule has 0 aromatic carbocycles. The summed E-state index contributed by atoms with van der Waals surface area (Å²) in [6, 6.07) is 0.536. The van der Waals surface area contributed by atoms with Crippen LogP contribution in [0, 0.1) is 0 Å². The van der Waals surface area contributed by atoms with Crippen molar-refractivity contribution in [2.75, 3.05) is 40.4 Å². The van der Waals surface area contributed by atoms with E-state index >= 15 is 0 Å². The van der Waals surface area contributed by atoms with Gasteiger partial charge < -0.3 is 20.7 Å². The van der Waals surface area contributed by atoms with Gasteiger partial charge in [0.05, 0.1) is 13.2 Å². The molecule has 1 aliphatic rings. The largest absolute Gasteiger partial charge is 0.383 e. The lowest BCUT2D eigenvalue weighted by molar-refractivity contribution is 0.163. The molecule has 0 atom stereocenters. The summed E-state index contributed by atoms with van der Waals surface area (Å²) < 4.78 is 5.03. The maximum absolute atomic E-state index is 5.89. The van der Waals surface area contributed by atoms with Crippen molar-refractivity contribution >= 4 is 29.9 Å². The maximum Gasteiger partial charge on any atom is 0.188 e. The zero-order valence-corrected chi connectivity index (χ0v) is 14.6. The average molecular weight is 384 g/mol. The van der Waals surface area contributed by atoms with Gasteiger partial charge in [0.1, 0.15) is 0 Å². The van der Waals surface area contributed by atoms with E-state index < -0.39 is 0 Å². The Balaban J connectivity index is 0.00000324. The summed E-state index contributed by atoms with van der Waals surface area (Å²) in [7, 11) is 3.79. The minimum atomic E-state index is 0. The summed E-state index contributed by atoms with van der Waals surface area (Å²) in [5.74, 6) is 0.599. The molecule has 0 aromatic rings. The van der Waals surface area contributed by atoms with E-state index in [1.54, 1.807) is 7.11 Å². The van der Waals surface area contributed by atoms with Crippen LogP contribution in [0.1, 0.15) is 32.1 Å². The van der Waals surface area contributed by atoms with Crippen molar-refractivity contribution in [1.82, 2.24) is 10.2 Å². The van der Waals surface area contributed by atoms with Crippen molar-refractivity contribution in [3.05, 3.63) is 0 Å². The fraction of sp³-hybridized carbons (Fsp3) is 0.923. The second kappa shape index (κ2) is 11.7. The third-order valence-corrected chi connectivity index (χ3v) is 3.40. The van der Waals surface area contributed by atoms with Gasteiger partial charge in [-0.1, -0.05) is 19.3 Å². The van der Waals surface area contributed by atoms with Gasteiger partial charge in [-0.2, -0.15) is 0 Å². The molecule has 114 valence electrons. The molecule has 3 N–H and O–H groups in total. The Morgan fingerprint density at radius 3 is 2.63 bits per heavy atom. The predicted octanol–water partition coefficient (Wildman–Crippen LogP) is 1.42. The Labute approximate surface area is 134 Å². The van der Waals surface area contributed by atoms with Gasteiger partial charge in [0.25, 0.3) is 0 Å². The van der Waals surface area contributed by atoms with Crippen LogP contribution in [0.4, 0.5) is 0 Å². The van der Waals surface area contributed by atoms with E-state index in [9.17, 15) is 0 Å². The van der Waals surface area contributed by atoms with E-state index in [1.165, 1.54) is 32.1 Å². The molecule has 0 spiro atoms. The molecule has 5 nitrogen and oxygen atoms in total. The van der Waals surface area contributed by atoms with Crippen LogP contribution < -0.4 is 11.1 Å². The molecule has 0 aliphatic heterocycles. The highest BCUT2D eigenvalue weighted by Crippen LogP contribution is 2.16. The van der Waals surface area contributed by atoms with Gasteiger partial charge in [-0.3, -0.25) is 4.99 Å². The molecule has 1 fully saturated rings. The number of ether oxygens (including phenoxy) is 1. The molecule has 1 rings (SSSR count). The van der Waals surface area contributed by atoms with E-state index in [-0.39, 0.29) is 24.0 Å². The van der Waals surface area contributed by atoms with E-state index in [1.807, 2.05) is 0 Å². The summed E-state index contributed by atoms with van der Waals surface area (Å²) in [5, 5.41) is 3.32. The zero-order valence-electron chi connectivity index (χ0n) is 12.2. The zero-order chi connectivity index (χ0) is 13.2. The lowest BCUT2D eigenvalue weighted by Gasteiger charge is -2.23. The van der Waals surface area contributed by atoms with Crippen molar-refractivity contribution in [2.45, 2.75) is 38.1 Å². The molecule has 0 bridgehead atoms. The van der Waals surface area contributed by atoms with Crippen LogP contribution in [0.2, 0.25) is 0 Å². The fourth-order valence-corrected chi connectivity index (χ4v) is 2.20. The fourth-order valence-electron chi connectivity index (χ4n) is 2.20. The van der Waals surface area contributed by atoms with Crippen molar-refractivity contribution < 1.29 is 4.74 Å². The number of methoxy groups -OCH3 is 1. The van der Waals surface area contributed by atoms with Crippen molar-refractivity contribution in [3.8, 4) is 0 Å². The topological polar surface area (TPSA) is 62.9 Å². The molecular formula is C13H29IN4O. The van der Waals surface area contributed by atoms with Crippen LogP contribution in [0.5, 0.6) is 0 Å². The number of guanidine groups is 1. The summed E-state index contributed by atoms with van der Waals surface area (Å²) in [6.07, 6.45) is 6.43. The Hall–Kier alpha value is -0.0800. The molecule has 0 heterocycles. The number of nitrogens with one attached hydrogen (secondary N) is 1. The van der Waals surface area contributed by atoms with Crippen LogP contribution in [-0.2, 0) is 4.74 Å². The van der Waals surface area contributed by atoms with Crippen LogP contribution in [-0.4, -0.2) is 57.3 Å². The van der Waals surface area contributed by atoms with Gasteiger partial charge in [-0.25, -0.2) is 0 Å². The molecule has 0 unspecified atom stereocenters. The first-order valence-corrected chi connectivity index (χ1v) is 6.96. The highest BCUT2D eigenvalue weighted by molar-refractivity contribution is 14.0. The highest BCUT2D eigenvalue weighted by Gasteiger charge is 2.13. The first-order valence-electron chi connectivity index (χ1n) is 6.96. The molecule has 1 aliphatic carbocycles. The van der Waals surface area contributed by atoms with Gasteiger partial charge in [-0.15, -0.1) is 24.0 Å². The number of hydrogen-bond acceptors (Lipinski definition) is 3. The standard InChI is InChI=1S/C13H28N4O.HI/c1-17(10-11-18-2)9-8-15-13(14)16-12-6-4-3-5-7-12;/h12H,3-11H2,1-2H3,(H3,14,15,16);1H. The maximum atomic E-state index is 5.89. The molecule has 6 heteroatoms. The number of nitrogens with zero attached hydrogens (tertiary/aromatic N) is 2. The van der Waals surface area contributed by atoms with Crippen LogP contribution in [0.3, 0.4) is 0 Å². The van der Waals surface area contributed by atoms with Crippen molar-refractivity contribution in [1.29, 1.82) is 0 Å². The average Bonchev–Trinajstić information content (AvgIpc) is 2.37.